The summed E-state index contributed by atoms with van der Waals surface area (Å²) < 4.78 is 42.3. The molecule has 26 heavy (non-hydrogen) atoms. The molecule has 2 rings (SSSR count). The van der Waals surface area contributed by atoms with Gasteiger partial charge in [-0.1, -0.05) is 0 Å². The molecular formula is C14H10F3N3O5S. The predicted octanol–water partition coefficient (Wildman–Crippen LogP) is 3.50. The molecule has 1 aromatic carbocycles. The van der Waals surface area contributed by atoms with Crippen LogP contribution < -0.4 is 5.32 Å². The summed E-state index contributed by atoms with van der Waals surface area (Å²) >= 11 is 0.540. The van der Waals surface area contributed by atoms with Crippen LogP contribution in [0.5, 0.6) is 0 Å². The number of carbonyl (C=O) groups is 2. The number of nitro benzene ring substituents is 1. The van der Waals surface area contributed by atoms with Gasteiger partial charge >= 0.3 is 12.1 Å². The van der Waals surface area contributed by atoms with Crippen LogP contribution in [0.15, 0.2) is 23.6 Å². The number of aromatic nitrogens is 1. The quantitative estimate of drug-likeness (QED) is 0.476. The van der Waals surface area contributed by atoms with Crippen LogP contribution in [0, 0.1) is 10.1 Å². The second-order valence-electron chi connectivity index (χ2n) is 4.74. The normalized spacial score (nSPS) is 11.1. The molecule has 8 nitrogen and oxygen atoms in total. The number of halogens is 3. The van der Waals surface area contributed by atoms with E-state index in [2.05, 4.69) is 10.3 Å². The summed E-state index contributed by atoms with van der Waals surface area (Å²) in [4.78, 5) is 37.3. The Labute approximate surface area is 147 Å². The van der Waals surface area contributed by atoms with Gasteiger partial charge in [-0.05, 0) is 13.0 Å². The molecule has 1 aromatic heterocycles. The van der Waals surface area contributed by atoms with Crippen molar-refractivity contribution in [2.24, 2.45) is 0 Å². The van der Waals surface area contributed by atoms with Gasteiger partial charge < -0.3 is 4.74 Å². The molecule has 0 aliphatic rings. The number of nitrogens with one attached hydrogen (secondary N) is 1. The van der Waals surface area contributed by atoms with Gasteiger partial charge in [0.25, 0.3) is 11.6 Å². The lowest BCUT2D eigenvalue weighted by Gasteiger charge is -2.06. The molecule has 1 heterocycles. The van der Waals surface area contributed by atoms with Crippen molar-refractivity contribution in [3.05, 3.63) is 50.5 Å². The van der Waals surface area contributed by atoms with E-state index >= 15 is 0 Å². The molecule has 0 atom stereocenters. The Morgan fingerprint density at radius 3 is 2.50 bits per heavy atom. The molecule has 0 aliphatic carbocycles. The molecule has 1 N–H and O–H groups in total. The highest BCUT2D eigenvalue weighted by Gasteiger charge is 2.34. The van der Waals surface area contributed by atoms with Gasteiger partial charge in [0.05, 0.1) is 17.1 Å². The van der Waals surface area contributed by atoms with E-state index in [1.54, 1.807) is 0 Å². The summed E-state index contributed by atoms with van der Waals surface area (Å²) in [6, 6.07) is 2.86. The van der Waals surface area contributed by atoms with Crippen LogP contribution in [0.2, 0.25) is 0 Å². The van der Waals surface area contributed by atoms with E-state index in [0.29, 0.717) is 16.7 Å². The summed E-state index contributed by atoms with van der Waals surface area (Å²) in [5.74, 6) is -1.83. The van der Waals surface area contributed by atoms with E-state index in [0.717, 1.165) is 18.2 Å². The summed E-state index contributed by atoms with van der Waals surface area (Å²) in [6.45, 7) is 1.55. The number of nitro groups is 1. The average molecular weight is 389 g/mol. The number of hydrogen-bond acceptors (Lipinski definition) is 7. The Bertz CT molecular complexity index is 866. The van der Waals surface area contributed by atoms with Crippen LogP contribution in [0.1, 0.15) is 33.3 Å². The van der Waals surface area contributed by atoms with E-state index in [1.165, 1.54) is 6.92 Å². The lowest BCUT2D eigenvalue weighted by atomic mass is 10.1. The maximum Gasteiger partial charge on any atom is 0.434 e. The minimum Gasteiger partial charge on any atom is -0.462 e. The molecule has 1 amide bonds. The van der Waals surface area contributed by atoms with Crippen molar-refractivity contribution in [1.29, 1.82) is 0 Å². The van der Waals surface area contributed by atoms with Crippen molar-refractivity contribution < 1.29 is 32.4 Å². The molecule has 0 saturated heterocycles. The smallest absolute Gasteiger partial charge is 0.434 e. The van der Waals surface area contributed by atoms with E-state index in [-0.39, 0.29) is 22.9 Å². The van der Waals surface area contributed by atoms with Crippen molar-refractivity contribution in [3.8, 4) is 0 Å². The predicted molar refractivity (Wildman–Crippen MR) is 84.1 cm³/mol. The van der Waals surface area contributed by atoms with Crippen molar-refractivity contribution in [3.63, 3.8) is 0 Å². The molecule has 0 radical (unpaired) electrons. The number of ether oxygens (including phenoxy) is 1. The third kappa shape index (κ3) is 4.53. The number of alkyl halides is 3. The Balaban J connectivity index is 2.31. The first-order chi connectivity index (χ1) is 12.1. The molecule has 0 unspecified atom stereocenters. The minimum atomic E-state index is -4.66. The molecule has 138 valence electrons. The highest BCUT2D eigenvalue weighted by atomic mass is 32.1. The van der Waals surface area contributed by atoms with Gasteiger partial charge in [-0.2, -0.15) is 13.2 Å². The largest absolute Gasteiger partial charge is 0.462 e. The topological polar surface area (TPSA) is 111 Å². The van der Waals surface area contributed by atoms with E-state index < -0.39 is 34.4 Å². The number of amides is 1. The van der Waals surface area contributed by atoms with Crippen molar-refractivity contribution in [1.82, 2.24) is 4.98 Å². The average Bonchev–Trinajstić information content (AvgIpc) is 3.03. The molecule has 0 fully saturated rings. The number of hydrogen-bond donors (Lipinski definition) is 1. The monoisotopic (exact) mass is 389 g/mol. The second-order valence-corrected chi connectivity index (χ2v) is 5.59. The number of nitrogens with zero attached hydrogens (tertiary/aromatic N) is 2. The van der Waals surface area contributed by atoms with Gasteiger partial charge in [-0.15, -0.1) is 11.3 Å². The zero-order valence-corrected chi connectivity index (χ0v) is 13.8. The lowest BCUT2D eigenvalue weighted by Crippen LogP contribution is -2.14. The maximum atomic E-state index is 12.5. The van der Waals surface area contributed by atoms with Crippen molar-refractivity contribution in [2.45, 2.75) is 13.1 Å². The molecule has 0 saturated carbocycles. The summed E-state index contributed by atoms with van der Waals surface area (Å²) in [5.41, 5.74) is -2.26. The third-order valence-corrected chi connectivity index (χ3v) is 3.67. The van der Waals surface area contributed by atoms with Crippen LogP contribution in [-0.4, -0.2) is 28.4 Å². The molecule has 0 bridgehead atoms. The van der Waals surface area contributed by atoms with E-state index in [9.17, 15) is 32.9 Å². The fourth-order valence-corrected chi connectivity index (χ4v) is 2.52. The SMILES string of the molecule is CCOC(=O)c1cc(C(=O)Nc2nc(C(F)(F)F)cs2)cc([N+](=O)[O-])c1. The fraction of sp³-hybridized carbons (Fsp3) is 0.214. The number of carbonyl (C=O) groups excluding carboxylic acids is 2. The molecule has 0 spiro atoms. The summed E-state index contributed by atoms with van der Waals surface area (Å²) in [5, 5.41) is 13.4. The summed E-state index contributed by atoms with van der Waals surface area (Å²) in [7, 11) is 0. The van der Waals surface area contributed by atoms with Crippen LogP contribution >= 0.6 is 11.3 Å². The minimum absolute atomic E-state index is 0.0163. The van der Waals surface area contributed by atoms with E-state index in [1.807, 2.05) is 0 Å². The Morgan fingerprint density at radius 1 is 1.31 bits per heavy atom. The number of rotatable bonds is 5. The van der Waals surface area contributed by atoms with Gasteiger partial charge in [0.2, 0.25) is 0 Å². The molecular weight excluding hydrogens is 379 g/mol. The first-order valence-electron chi connectivity index (χ1n) is 6.92. The highest BCUT2D eigenvalue weighted by Crippen LogP contribution is 2.31. The zero-order valence-electron chi connectivity index (χ0n) is 13.0. The van der Waals surface area contributed by atoms with Gasteiger partial charge in [0, 0.05) is 23.1 Å². The first kappa shape index (κ1) is 19.3. The molecule has 0 aliphatic heterocycles. The number of esters is 1. The van der Waals surface area contributed by atoms with Gasteiger partial charge in [-0.3, -0.25) is 20.2 Å². The van der Waals surface area contributed by atoms with E-state index in [4.69, 9.17) is 4.74 Å². The first-order valence-corrected chi connectivity index (χ1v) is 7.80. The van der Waals surface area contributed by atoms with Crippen LogP contribution in [0.4, 0.5) is 24.0 Å². The third-order valence-electron chi connectivity index (χ3n) is 2.92. The van der Waals surface area contributed by atoms with Crippen LogP contribution in [0.3, 0.4) is 0 Å². The second kappa shape index (κ2) is 7.47. The molecule has 2 aromatic rings. The van der Waals surface area contributed by atoms with Crippen LogP contribution in [-0.2, 0) is 10.9 Å². The summed E-state index contributed by atoms with van der Waals surface area (Å²) in [6.07, 6.45) is -4.66. The van der Waals surface area contributed by atoms with Gasteiger partial charge in [-0.25, -0.2) is 9.78 Å². The number of non-ortho nitro benzene ring substituents is 1. The van der Waals surface area contributed by atoms with Crippen molar-refractivity contribution in [2.75, 3.05) is 11.9 Å². The maximum absolute atomic E-state index is 12.5. The van der Waals surface area contributed by atoms with Crippen molar-refractivity contribution >= 4 is 34.0 Å². The number of anilines is 1. The fourth-order valence-electron chi connectivity index (χ4n) is 1.81. The standard InChI is InChI=1S/C14H10F3N3O5S/c1-2-25-12(22)8-3-7(4-9(5-8)20(23)24)11(21)19-13-18-10(6-26-13)14(15,16)17/h3-6H,2H2,1H3,(H,18,19,21). The van der Waals surface area contributed by atoms with Gasteiger partial charge in [0.1, 0.15) is 0 Å². The zero-order chi connectivity index (χ0) is 19.5. The Morgan fingerprint density at radius 2 is 1.96 bits per heavy atom. The van der Waals surface area contributed by atoms with Gasteiger partial charge in [0.15, 0.2) is 10.8 Å². The lowest BCUT2D eigenvalue weighted by molar-refractivity contribution is -0.384. The molecule has 12 heteroatoms. The van der Waals surface area contributed by atoms with Crippen LogP contribution in [0.25, 0.3) is 0 Å². The Hall–Kier alpha value is -3.02. The number of benzene rings is 1. The Kier molecular flexibility index (Phi) is 5.55. The number of thiazole rings is 1. The highest BCUT2D eigenvalue weighted by molar-refractivity contribution is 7.14.